The molecule has 0 fully saturated rings. The van der Waals surface area contributed by atoms with Crippen LogP contribution in [0.1, 0.15) is 15.9 Å². The predicted octanol–water partition coefficient (Wildman–Crippen LogP) is 1.06. The molecule has 24 heavy (non-hydrogen) atoms. The zero-order valence-corrected chi connectivity index (χ0v) is 13.5. The minimum Gasteiger partial charge on any atom is -0.490 e. The first-order valence-electron chi connectivity index (χ1n) is 7.03. The van der Waals surface area contributed by atoms with Gasteiger partial charge in [-0.15, -0.1) is 0 Å². The summed E-state index contributed by atoms with van der Waals surface area (Å²) in [7, 11) is -3.73. The summed E-state index contributed by atoms with van der Waals surface area (Å²) in [6, 6.07) is 12.0. The van der Waals surface area contributed by atoms with E-state index in [0.29, 0.717) is 16.9 Å². The number of esters is 1. The standard InChI is InChI=1S/C16H17NO6S/c17-24(20,21)15-7-5-14(6-8-15)22-9-10-23-16(19)13-3-1-12(11-18)2-4-13/h1-8,18H,9-11H2,(H2,17,20,21). The molecule has 0 saturated carbocycles. The number of aliphatic hydroxyl groups is 1. The van der Waals surface area contributed by atoms with Gasteiger partial charge in [0, 0.05) is 0 Å². The van der Waals surface area contributed by atoms with Crippen LogP contribution in [0.3, 0.4) is 0 Å². The molecule has 0 saturated heterocycles. The van der Waals surface area contributed by atoms with Crippen molar-refractivity contribution in [2.24, 2.45) is 5.14 Å². The molecule has 2 aromatic rings. The van der Waals surface area contributed by atoms with Gasteiger partial charge in [-0.05, 0) is 42.0 Å². The van der Waals surface area contributed by atoms with E-state index in [-0.39, 0.29) is 24.7 Å². The second kappa shape index (κ2) is 7.91. The number of hydrogen-bond acceptors (Lipinski definition) is 6. The maximum absolute atomic E-state index is 11.8. The molecule has 0 amide bonds. The van der Waals surface area contributed by atoms with E-state index < -0.39 is 16.0 Å². The van der Waals surface area contributed by atoms with Crippen LogP contribution in [0.4, 0.5) is 0 Å². The van der Waals surface area contributed by atoms with E-state index in [1.807, 2.05) is 0 Å². The zero-order chi connectivity index (χ0) is 17.6. The highest BCUT2D eigenvalue weighted by Gasteiger charge is 2.08. The first-order valence-corrected chi connectivity index (χ1v) is 8.57. The van der Waals surface area contributed by atoms with Crippen LogP contribution in [0.5, 0.6) is 5.75 Å². The van der Waals surface area contributed by atoms with Gasteiger partial charge >= 0.3 is 5.97 Å². The van der Waals surface area contributed by atoms with E-state index in [0.717, 1.165) is 0 Å². The summed E-state index contributed by atoms with van der Waals surface area (Å²) in [5, 5.41) is 13.9. The topological polar surface area (TPSA) is 116 Å². The number of nitrogens with two attached hydrogens (primary N) is 1. The second-order valence-electron chi connectivity index (χ2n) is 4.86. The van der Waals surface area contributed by atoms with Crippen LogP contribution >= 0.6 is 0 Å². The highest BCUT2D eigenvalue weighted by Crippen LogP contribution is 2.14. The van der Waals surface area contributed by atoms with Crippen molar-refractivity contribution < 1.29 is 27.8 Å². The number of hydrogen-bond donors (Lipinski definition) is 2. The Balaban J connectivity index is 1.78. The molecule has 0 spiro atoms. The molecule has 0 aliphatic carbocycles. The van der Waals surface area contributed by atoms with Crippen molar-refractivity contribution in [3.8, 4) is 5.75 Å². The van der Waals surface area contributed by atoms with E-state index >= 15 is 0 Å². The summed E-state index contributed by atoms with van der Waals surface area (Å²) in [5.41, 5.74) is 1.09. The summed E-state index contributed by atoms with van der Waals surface area (Å²) in [5.74, 6) is -0.0570. The number of benzene rings is 2. The smallest absolute Gasteiger partial charge is 0.338 e. The number of carbonyl (C=O) groups excluding carboxylic acids is 1. The minimum atomic E-state index is -3.73. The van der Waals surface area contributed by atoms with Gasteiger partial charge in [0.2, 0.25) is 10.0 Å². The number of sulfonamides is 1. The monoisotopic (exact) mass is 351 g/mol. The van der Waals surface area contributed by atoms with Gasteiger partial charge < -0.3 is 14.6 Å². The molecule has 2 rings (SSSR count). The Morgan fingerprint density at radius 3 is 2.17 bits per heavy atom. The molecule has 0 heterocycles. The Bertz CT molecular complexity index is 784. The van der Waals surface area contributed by atoms with Gasteiger partial charge in [-0.25, -0.2) is 18.4 Å². The molecule has 0 aliphatic heterocycles. The third kappa shape index (κ3) is 5.05. The maximum Gasteiger partial charge on any atom is 0.338 e. The maximum atomic E-state index is 11.8. The summed E-state index contributed by atoms with van der Waals surface area (Å²) in [4.78, 5) is 11.8. The van der Waals surface area contributed by atoms with Gasteiger partial charge in [-0.1, -0.05) is 12.1 Å². The number of carbonyl (C=O) groups is 1. The van der Waals surface area contributed by atoms with Crippen molar-refractivity contribution in [1.29, 1.82) is 0 Å². The molecule has 2 aromatic carbocycles. The largest absolute Gasteiger partial charge is 0.490 e. The molecular formula is C16H17NO6S. The normalized spacial score (nSPS) is 11.1. The van der Waals surface area contributed by atoms with Crippen LogP contribution in [0.15, 0.2) is 53.4 Å². The Labute approximate surface area is 139 Å². The third-order valence-electron chi connectivity index (χ3n) is 3.11. The average Bonchev–Trinajstić information content (AvgIpc) is 2.58. The van der Waals surface area contributed by atoms with E-state index in [1.165, 1.54) is 24.3 Å². The Hall–Kier alpha value is -2.42. The molecule has 0 aliphatic rings. The summed E-state index contributed by atoms with van der Waals surface area (Å²) < 4.78 is 32.6. The summed E-state index contributed by atoms with van der Waals surface area (Å²) >= 11 is 0. The lowest BCUT2D eigenvalue weighted by atomic mass is 10.1. The lowest BCUT2D eigenvalue weighted by molar-refractivity contribution is 0.0450. The molecule has 0 unspecified atom stereocenters. The van der Waals surface area contributed by atoms with Crippen molar-refractivity contribution in [3.05, 3.63) is 59.7 Å². The summed E-state index contributed by atoms with van der Waals surface area (Å²) in [6.45, 7) is 0.0696. The molecule has 3 N–H and O–H groups in total. The Morgan fingerprint density at radius 1 is 1.00 bits per heavy atom. The van der Waals surface area contributed by atoms with Crippen LogP contribution in [0.2, 0.25) is 0 Å². The Morgan fingerprint density at radius 2 is 1.62 bits per heavy atom. The van der Waals surface area contributed by atoms with E-state index in [1.54, 1.807) is 24.3 Å². The van der Waals surface area contributed by atoms with E-state index in [4.69, 9.17) is 19.7 Å². The van der Waals surface area contributed by atoms with Crippen LogP contribution in [-0.2, 0) is 21.4 Å². The SMILES string of the molecule is NS(=O)(=O)c1ccc(OCCOC(=O)c2ccc(CO)cc2)cc1. The highest BCUT2D eigenvalue weighted by atomic mass is 32.2. The average molecular weight is 351 g/mol. The number of primary sulfonamides is 1. The molecule has 0 bridgehead atoms. The van der Waals surface area contributed by atoms with Crippen LogP contribution in [0, 0.1) is 0 Å². The second-order valence-corrected chi connectivity index (χ2v) is 6.42. The van der Waals surface area contributed by atoms with Crippen LogP contribution in [-0.4, -0.2) is 32.7 Å². The Kier molecular flexibility index (Phi) is 5.91. The van der Waals surface area contributed by atoms with Crippen molar-refractivity contribution >= 4 is 16.0 Å². The van der Waals surface area contributed by atoms with Crippen molar-refractivity contribution in [3.63, 3.8) is 0 Å². The highest BCUT2D eigenvalue weighted by molar-refractivity contribution is 7.89. The minimum absolute atomic E-state index is 0.00685. The van der Waals surface area contributed by atoms with Crippen molar-refractivity contribution in [1.82, 2.24) is 0 Å². The van der Waals surface area contributed by atoms with Gasteiger partial charge in [0.1, 0.15) is 19.0 Å². The lowest BCUT2D eigenvalue weighted by Gasteiger charge is -2.08. The molecule has 7 nitrogen and oxygen atoms in total. The van der Waals surface area contributed by atoms with Crippen molar-refractivity contribution in [2.75, 3.05) is 13.2 Å². The fourth-order valence-electron chi connectivity index (χ4n) is 1.85. The summed E-state index contributed by atoms with van der Waals surface area (Å²) in [6.07, 6.45) is 0. The fraction of sp³-hybridized carbons (Fsp3) is 0.188. The first kappa shape index (κ1) is 17.9. The lowest BCUT2D eigenvalue weighted by Crippen LogP contribution is -2.13. The van der Waals surface area contributed by atoms with Gasteiger partial charge in [-0.3, -0.25) is 0 Å². The molecule has 0 atom stereocenters. The van der Waals surface area contributed by atoms with Crippen LogP contribution < -0.4 is 9.88 Å². The van der Waals surface area contributed by atoms with Gasteiger partial charge in [0.15, 0.2) is 0 Å². The van der Waals surface area contributed by atoms with Gasteiger partial charge in [0.05, 0.1) is 17.1 Å². The van der Waals surface area contributed by atoms with E-state index in [2.05, 4.69) is 0 Å². The molecular weight excluding hydrogens is 334 g/mol. The van der Waals surface area contributed by atoms with Crippen LogP contribution in [0.25, 0.3) is 0 Å². The molecule has 8 heteroatoms. The number of ether oxygens (including phenoxy) is 2. The molecule has 0 aromatic heterocycles. The van der Waals surface area contributed by atoms with Crippen molar-refractivity contribution in [2.45, 2.75) is 11.5 Å². The van der Waals surface area contributed by atoms with Gasteiger partial charge in [-0.2, -0.15) is 0 Å². The quantitative estimate of drug-likeness (QED) is 0.569. The zero-order valence-electron chi connectivity index (χ0n) is 12.7. The molecule has 128 valence electrons. The number of rotatable bonds is 7. The fourth-order valence-corrected chi connectivity index (χ4v) is 2.36. The predicted molar refractivity (Wildman–Crippen MR) is 86.0 cm³/mol. The van der Waals surface area contributed by atoms with Gasteiger partial charge in [0.25, 0.3) is 0 Å². The third-order valence-corrected chi connectivity index (χ3v) is 4.04. The molecule has 0 radical (unpaired) electrons. The van der Waals surface area contributed by atoms with E-state index in [9.17, 15) is 13.2 Å². The number of aliphatic hydroxyl groups excluding tert-OH is 1. The first-order chi connectivity index (χ1) is 11.4.